The van der Waals surface area contributed by atoms with Crippen LogP contribution in [0.25, 0.3) is 0 Å². The molecule has 2 rings (SSSR count). The minimum Gasteiger partial charge on any atom is -0.449 e. The van der Waals surface area contributed by atoms with Crippen LogP contribution in [0.5, 0.6) is 0 Å². The minimum absolute atomic E-state index is 0.235. The molecule has 2 aliphatic heterocycles. The van der Waals surface area contributed by atoms with Gasteiger partial charge in [-0.25, -0.2) is 4.79 Å². The van der Waals surface area contributed by atoms with E-state index in [4.69, 9.17) is 9.47 Å². The number of hydrogen-bond acceptors (Lipinski definition) is 4. The molecule has 0 aromatic carbocycles. The second-order valence-corrected chi connectivity index (χ2v) is 6.97. The summed E-state index contributed by atoms with van der Waals surface area (Å²) in [6, 6.07) is 0.664. The van der Waals surface area contributed by atoms with Gasteiger partial charge in [-0.2, -0.15) is 0 Å². The zero-order valence-electron chi connectivity index (χ0n) is 13.0. The van der Waals surface area contributed by atoms with Gasteiger partial charge in [0, 0.05) is 37.3 Å². The fraction of sp³-hybridized carbons (Fsp3) is 0.933. The van der Waals surface area contributed by atoms with Crippen molar-refractivity contribution in [2.75, 3.05) is 32.9 Å². The van der Waals surface area contributed by atoms with Gasteiger partial charge in [0.2, 0.25) is 0 Å². The van der Waals surface area contributed by atoms with Gasteiger partial charge in [0.1, 0.15) is 0 Å². The van der Waals surface area contributed by atoms with Crippen LogP contribution in [-0.2, 0) is 9.47 Å². The lowest BCUT2D eigenvalue weighted by Crippen LogP contribution is -2.41. The van der Waals surface area contributed by atoms with Crippen LogP contribution in [-0.4, -0.2) is 55.5 Å². The number of nitrogens with one attached hydrogen (secondary N) is 1. The van der Waals surface area contributed by atoms with Gasteiger partial charge in [-0.1, -0.05) is 0 Å². The molecule has 0 aliphatic carbocycles. The Hall–Kier alpha value is -0.810. The van der Waals surface area contributed by atoms with E-state index in [0.29, 0.717) is 18.6 Å². The lowest BCUT2D eigenvalue weighted by Gasteiger charge is -2.31. The molecule has 5 nitrogen and oxygen atoms in total. The molecule has 20 heavy (non-hydrogen) atoms. The van der Waals surface area contributed by atoms with Gasteiger partial charge >= 0.3 is 6.09 Å². The van der Waals surface area contributed by atoms with Gasteiger partial charge in [-0.3, -0.25) is 4.90 Å². The summed E-state index contributed by atoms with van der Waals surface area (Å²) in [5.74, 6) is 0.476. The molecule has 0 radical (unpaired) electrons. The Kier molecular flexibility index (Phi) is 5.27. The molecule has 5 heteroatoms. The van der Waals surface area contributed by atoms with Crippen LogP contribution >= 0.6 is 0 Å². The molecule has 0 spiro atoms. The van der Waals surface area contributed by atoms with Crippen molar-refractivity contribution in [1.29, 1.82) is 0 Å². The van der Waals surface area contributed by atoms with Crippen LogP contribution in [0.15, 0.2) is 0 Å². The van der Waals surface area contributed by atoms with Crippen LogP contribution in [0.3, 0.4) is 0 Å². The maximum atomic E-state index is 11.6. The molecule has 0 unspecified atom stereocenters. The first-order chi connectivity index (χ1) is 9.44. The van der Waals surface area contributed by atoms with Crippen molar-refractivity contribution < 1.29 is 14.3 Å². The molecule has 2 fully saturated rings. The zero-order chi connectivity index (χ0) is 14.6. The van der Waals surface area contributed by atoms with E-state index in [-0.39, 0.29) is 11.6 Å². The third-order valence-electron chi connectivity index (χ3n) is 3.95. The predicted molar refractivity (Wildman–Crippen MR) is 77.8 cm³/mol. The van der Waals surface area contributed by atoms with Crippen molar-refractivity contribution in [2.45, 2.75) is 51.6 Å². The lowest BCUT2D eigenvalue weighted by molar-refractivity contribution is 0.0397. The number of hydrogen-bond donors (Lipinski definition) is 1. The molecule has 0 aromatic heterocycles. The van der Waals surface area contributed by atoms with Crippen molar-refractivity contribution in [2.24, 2.45) is 5.92 Å². The van der Waals surface area contributed by atoms with E-state index in [0.717, 1.165) is 45.6 Å². The van der Waals surface area contributed by atoms with Crippen LogP contribution in [0, 0.1) is 5.92 Å². The number of amides is 1. The first kappa shape index (κ1) is 15.6. The van der Waals surface area contributed by atoms with Gasteiger partial charge in [0.15, 0.2) is 0 Å². The van der Waals surface area contributed by atoms with Gasteiger partial charge in [-0.15, -0.1) is 0 Å². The second-order valence-electron chi connectivity index (χ2n) is 6.97. The van der Waals surface area contributed by atoms with Crippen LogP contribution in [0.1, 0.15) is 40.0 Å². The highest BCUT2D eigenvalue weighted by Gasteiger charge is 2.30. The van der Waals surface area contributed by atoms with E-state index < -0.39 is 0 Å². The third-order valence-corrected chi connectivity index (χ3v) is 3.95. The maximum absolute atomic E-state index is 11.6. The molecule has 116 valence electrons. The summed E-state index contributed by atoms with van der Waals surface area (Å²) in [7, 11) is 0. The maximum Gasteiger partial charge on any atom is 0.407 e. The molecule has 0 bridgehead atoms. The first-order valence-corrected chi connectivity index (χ1v) is 7.71. The summed E-state index contributed by atoms with van der Waals surface area (Å²) < 4.78 is 10.7. The number of likely N-dealkylation sites (tertiary alicyclic amines) is 1. The average Bonchev–Trinajstić information content (AvgIpc) is 2.84. The van der Waals surface area contributed by atoms with Crippen molar-refractivity contribution in [3.8, 4) is 0 Å². The van der Waals surface area contributed by atoms with Crippen molar-refractivity contribution in [1.82, 2.24) is 10.2 Å². The minimum atomic E-state index is -0.304. The van der Waals surface area contributed by atoms with E-state index >= 15 is 0 Å². The standard InChI is InChI=1S/C15H28N2O3/c1-15(2,3)16-14(18)20-11-12-4-7-17(10-12)13-5-8-19-9-6-13/h12-13H,4-11H2,1-3H3,(H,16,18)/t12-/m1/s1. The Morgan fingerprint density at radius 1 is 1.30 bits per heavy atom. The summed E-state index contributed by atoms with van der Waals surface area (Å²) >= 11 is 0. The van der Waals surface area contributed by atoms with E-state index in [9.17, 15) is 4.79 Å². The SMILES string of the molecule is CC(C)(C)NC(=O)OC[C@@H]1CCN(C2CCOCC2)C1. The number of carbonyl (C=O) groups excluding carboxylic acids is 1. The first-order valence-electron chi connectivity index (χ1n) is 7.71. The molecule has 2 aliphatic rings. The average molecular weight is 284 g/mol. The van der Waals surface area contributed by atoms with Crippen molar-refractivity contribution in [3.63, 3.8) is 0 Å². The monoisotopic (exact) mass is 284 g/mol. The zero-order valence-corrected chi connectivity index (χ0v) is 13.0. The number of ether oxygens (including phenoxy) is 2. The molecule has 1 amide bonds. The quantitative estimate of drug-likeness (QED) is 0.861. The van der Waals surface area contributed by atoms with Crippen molar-refractivity contribution in [3.05, 3.63) is 0 Å². The van der Waals surface area contributed by atoms with Crippen molar-refractivity contribution >= 4 is 6.09 Å². The highest BCUT2D eigenvalue weighted by atomic mass is 16.5. The molecule has 0 saturated carbocycles. The summed E-state index contributed by atoms with van der Waals surface area (Å²) in [6.07, 6.45) is 3.10. The lowest BCUT2D eigenvalue weighted by atomic mass is 10.1. The summed E-state index contributed by atoms with van der Waals surface area (Å²) in [5, 5.41) is 2.83. The molecule has 1 N–H and O–H groups in total. The molecular formula is C15H28N2O3. The molecule has 2 saturated heterocycles. The molecule has 2 heterocycles. The number of carbonyl (C=O) groups is 1. The number of rotatable bonds is 3. The Labute approximate surface area is 122 Å². The van der Waals surface area contributed by atoms with Crippen LogP contribution in [0.4, 0.5) is 4.79 Å². The fourth-order valence-corrected chi connectivity index (χ4v) is 2.92. The summed E-state index contributed by atoms with van der Waals surface area (Å²) in [5.41, 5.74) is -0.235. The Bertz CT molecular complexity index is 322. The largest absolute Gasteiger partial charge is 0.449 e. The van der Waals surface area contributed by atoms with Gasteiger partial charge in [-0.05, 0) is 46.6 Å². The van der Waals surface area contributed by atoms with Gasteiger partial charge in [0.25, 0.3) is 0 Å². The van der Waals surface area contributed by atoms with E-state index in [1.165, 1.54) is 0 Å². The topological polar surface area (TPSA) is 50.8 Å². The molecule has 1 atom stereocenters. The highest BCUT2D eigenvalue weighted by Crippen LogP contribution is 2.23. The number of alkyl carbamates (subject to hydrolysis) is 1. The smallest absolute Gasteiger partial charge is 0.407 e. The van der Waals surface area contributed by atoms with Crippen LogP contribution < -0.4 is 5.32 Å². The Morgan fingerprint density at radius 3 is 2.65 bits per heavy atom. The van der Waals surface area contributed by atoms with Gasteiger partial charge < -0.3 is 14.8 Å². The molecular weight excluding hydrogens is 256 g/mol. The number of nitrogens with zero attached hydrogens (tertiary/aromatic N) is 1. The van der Waals surface area contributed by atoms with Gasteiger partial charge in [0.05, 0.1) is 6.61 Å². The van der Waals surface area contributed by atoms with E-state index in [1.807, 2.05) is 20.8 Å². The van der Waals surface area contributed by atoms with E-state index in [2.05, 4.69) is 10.2 Å². The summed E-state index contributed by atoms with van der Waals surface area (Å²) in [6.45, 7) is 10.3. The fourth-order valence-electron chi connectivity index (χ4n) is 2.92. The highest BCUT2D eigenvalue weighted by molar-refractivity contribution is 5.68. The van der Waals surface area contributed by atoms with Crippen LogP contribution in [0.2, 0.25) is 0 Å². The van der Waals surface area contributed by atoms with E-state index in [1.54, 1.807) is 0 Å². The Morgan fingerprint density at radius 2 is 2.00 bits per heavy atom. The summed E-state index contributed by atoms with van der Waals surface area (Å²) in [4.78, 5) is 14.2. The third kappa shape index (κ3) is 4.94. The Balaban J connectivity index is 1.67. The molecule has 0 aromatic rings. The second kappa shape index (κ2) is 6.76. The normalized spacial score (nSPS) is 25.6. The predicted octanol–water partition coefficient (Wildman–Crippen LogP) is 2.01.